The van der Waals surface area contributed by atoms with Crippen LogP contribution in [0.1, 0.15) is 46.5 Å². The minimum Gasteiger partial charge on any atom is -0.384 e. The second-order valence-electron chi connectivity index (χ2n) is 8.16. The number of rotatable bonds is 7. The Bertz CT molecular complexity index is 1180. The van der Waals surface area contributed by atoms with E-state index < -0.39 is 0 Å². The molecule has 0 saturated carbocycles. The van der Waals surface area contributed by atoms with Crippen LogP contribution in [0.4, 0.5) is 5.69 Å². The second-order valence-corrected chi connectivity index (χ2v) is 8.16. The first kappa shape index (κ1) is 25.7. The summed E-state index contributed by atoms with van der Waals surface area (Å²) in [6, 6.07) is 23.6. The number of nitrogen functional groups attached to an aromatic ring is 1. The molecule has 0 aliphatic carbocycles. The fraction of sp³-hybridized carbons (Fsp3) is 0.214. The molecule has 170 valence electrons. The molecule has 3 aromatic carbocycles. The van der Waals surface area contributed by atoms with Crippen molar-refractivity contribution in [3.05, 3.63) is 101 Å². The van der Waals surface area contributed by atoms with Gasteiger partial charge in [0.15, 0.2) is 5.78 Å². The predicted molar refractivity (Wildman–Crippen MR) is 139 cm³/mol. The number of anilines is 1. The van der Waals surface area contributed by atoms with E-state index >= 15 is 0 Å². The second kappa shape index (κ2) is 11.9. The third-order valence-electron chi connectivity index (χ3n) is 5.26. The normalized spacial score (nSPS) is 10.1. The predicted octanol–water partition coefficient (Wildman–Crippen LogP) is 5.60. The number of Topliss-reactive ketones (excluding diaryl/α,β-unsaturated/α-hetero) is 1. The molecule has 0 saturated heterocycles. The highest BCUT2D eigenvalue weighted by atomic mass is 35.5. The summed E-state index contributed by atoms with van der Waals surface area (Å²) in [6.45, 7) is 6.99. The zero-order chi connectivity index (χ0) is 23.1. The van der Waals surface area contributed by atoms with Gasteiger partial charge in [0.05, 0.1) is 6.54 Å². The van der Waals surface area contributed by atoms with Gasteiger partial charge in [0.2, 0.25) is 0 Å². The van der Waals surface area contributed by atoms with Crippen LogP contribution >= 0.6 is 12.4 Å². The standard InChI is InChI=1S/C28H29N3O.ClH/c1-20(2)27(32)26-15-14-22(17-21(26)3)11-8-16-31(19-23-9-5-4-6-10-23)25-13-7-12-24(18-25)28(29)30;/h4-7,9-10,12-15,17-18,20H,16,19H2,1-3H3,(H3,29,30);1H. The number of nitrogens with one attached hydrogen (secondary N) is 1. The van der Waals surface area contributed by atoms with Crippen molar-refractivity contribution in [2.45, 2.75) is 27.3 Å². The zero-order valence-corrected chi connectivity index (χ0v) is 20.1. The lowest BCUT2D eigenvalue weighted by atomic mass is 9.96. The molecule has 0 fully saturated rings. The fourth-order valence-electron chi connectivity index (χ4n) is 3.48. The Hall–Kier alpha value is -3.55. The summed E-state index contributed by atoms with van der Waals surface area (Å²) in [6.07, 6.45) is 0. The first-order valence-corrected chi connectivity index (χ1v) is 10.7. The van der Waals surface area contributed by atoms with Gasteiger partial charge in [0.25, 0.3) is 0 Å². The Labute approximate surface area is 202 Å². The van der Waals surface area contributed by atoms with Gasteiger partial charge in [-0.15, -0.1) is 12.4 Å². The number of halogens is 1. The molecule has 0 aliphatic rings. The minimum absolute atomic E-state index is 0. The van der Waals surface area contributed by atoms with Crippen LogP contribution in [-0.4, -0.2) is 18.2 Å². The molecule has 0 radical (unpaired) electrons. The molecule has 3 rings (SSSR count). The maximum atomic E-state index is 12.3. The molecule has 5 heteroatoms. The van der Waals surface area contributed by atoms with Crippen molar-refractivity contribution in [2.24, 2.45) is 11.7 Å². The summed E-state index contributed by atoms with van der Waals surface area (Å²) >= 11 is 0. The number of hydrogen-bond donors (Lipinski definition) is 2. The highest BCUT2D eigenvalue weighted by Crippen LogP contribution is 2.19. The Morgan fingerprint density at radius 3 is 2.39 bits per heavy atom. The summed E-state index contributed by atoms with van der Waals surface area (Å²) < 4.78 is 0. The van der Waals surface area contributed by atoms with Gasteiger partial charge in [-0.2, -0.15) is 0 Å². The average molecular weight is 460 g/mol. The molecule has 0 aromatic heterocycles. The van der Waals surface area contributed by atoms with E-state index in [2.05, 4.69) is 28.9 Å². The van der Waals surface area contributed by atoms with E-state index in [0.29, 0.717) is 18.7 Å². The molecule has 0 spiro atoms. The molecule has 3 N–H and O–H groups in total. The van der Waals surface area contributed by atoms with Gasteiger partial charge in [-0.25, -0.2) is 0 Å². The minimum atomic E-state index is -0.0251. The smallest absolute Gasteiger partial charge is 0.165 e. The van der Waals surface area contributed by atoms with Crippen molar-refractivity contribution in [2.75, 3.05) is 11.4 Å². The van der Waals surface area contributed by atoms with Crippen LogP contribution in [0.2, 0.25) is 0 Å². The highest BCUT2D eigenvalue weighted by molar-refractivity contribution is 5.98. The first-order valence-electron chi connectivity index (χ1n) is 10.7. The van der Waals surface area contributed by atoms with E-state index in [1.54, 1.807) is 0 Å². The molecule has 0 heterocycles. The monoisotopic (exact) mass is 459 g/mol. The lowest BCUT2D eigenvalue weighted by Crippen LogP contribution is -2.23. The van der Waals surface area contributed by atoms with Gasteiger partial charge in [-0.3, -0.25) is 10.2 Å². The maximum Gasteiger partial charge on any atom is 0.165 e. The maximum absolute atomic E-state index is 12.3. The van der Waals surface area contributed by atoms with E-state index in [0.717, 1.165) is 22.4 Å². The first-order chi connectivity index (χ1) is 15.3. The molecular weight excluding hydrogens is 430 g/mol. The van der Waals surface area contributed by atoms with Crippen LogP contribution in [0.25, 0.3) is 0 Å². The largest absolute Gasteiger partial charge is 0.384 e. The van der Waals surface area contributed by atoms with Crippen LogP contribution in [0.3, 0.4) is 0 Å². The van der Waals surface area contributed by atoms with E-state index in [4.69, 9.17) is 11.1 Å². The number of hydrogen-bond acceptors (Lipinski definition) is 3. The summed E-state index contributed by atoms with van der Waals surface area (Å²) in [5.74, 6) is 6.68. The number of ketones is 1. The average Bonchev–Trinajstić information content (AvgIpc) is 2.79. The molecule has 0 bridgehead atoms. The van der Waals surface area contributed by atoms with Crippen LogP contribution in [0, 0.1) is 30.1 Å². The van der Waals surface area contributed by atoms with Crippen molar-refractivity contribution in [1.82, 2.24) is 0 Å². The molecule has 0 aliphatic heterocycles. The van der Waals surface area contributed by atoms with E-state index in [1.807, 2.05) is 81.4 Å². The third kappa shape index (κ3) is 6.97. The summed E-state index contributed by atoms with van der Waals surface area (Å²) in [5, 5.41) is 7.75. The number of amidine groups is 1. The van der Waals surface area contributed by atoms with Gasteiger partial charge in [0, 0.05) is 34.8 Å². The van der Waals surface area contributed by atoms with Crippen molar-refractivity contribution in [3.63, 3.8) is 0 Å². The number of carbonyl (C=O) groups is 1. The summed E-state index contributed by atoms with van der Waals surface area (Å²) in [4.78, 5) is 14.5. The van der Waals surface area contributed by atoms with E-state index in [9.17, 15) is 4.79 Å². The van der Waals surface area contributed by atoms with E-state index in [-0.39, 0.29) is 29.9 Å². The molecule has 0 unspecified atom stereocenters. The van der Waals surface area contributed by atoms with Crippen molar-refractivity contribution >= 4 is 29.7 Å². The van der Waals surface area contributed by atoms with Gasteiger partial charge in [-0.05, 0) is 48.4 Å². The van der Waals surface area contributed by atoms with Crippen molar-refractivity contribution in [3.8, 4) is 11.8 Å². The Morgan fingerprint density at radius 2 is 1.76 bits per heavy atom. The van der Waals surface area contributed by atoms with Gasteiger partial charge in [-0.1, -0.05) is 68.2 Å². The molecule has 0 amide bonds. The SMILES string of the molecule is Cc1cc(C#CCN(Cc2ccccc2)c2cccc(C(=N)N)c2)ccc1C(=O)C(C)C.Cl. The van der Waals surface area contributed by atoms with Crippen LogP contribution in [0.5, 0.6) is 0 Å². The van der Waals surface area contributed by atoms with Crippen LogP contribution in [-0.2, 0) is 6.54 Å². The summed E-state index contributed by atoms with van der Waals surface area (Å²) in [5.41, 5.74) is 11.1. The zero-order valence-electron chi connectivity index (χ0n) is 19.3. The molecular formula is C28H30ClN3O. The number of nitrogens with zero attached hydrogens (tertiary/aromatic N) is 1. The quantitative estimate of drug-likeness (QED) is 0.209. The van der Waals surface area contributed by atoms with Crippen LogP contribution in [0.15, 0.2) is 72.8 Å². The van der Waals surface area contributed by atoms with Gasteiger partial charge >= 0.3 is 0 Å². The van der Waals surface area contributed by atoms with Gasteiger partial charge < -0.3 is 10.6 Å². The molecule has 33 heavy (non-hydrogen) atoms. The molecule has 3 aromatic rings. The number of carbonyl (C=O) groups excluding carboxylic acids is 1. The summed E-state index contributed by atoms with van der Waals surface area (Å²) in [7, 11) is 0. The topological polar surface area (TPSA) is 70.2 Å². The van der Waals surface area contributed by atoms with Crippen LogP contribution < -0.4 is 10.6 Å². The van der Waals surface area contributed by atoms with Gasteiger partial charge in [0.1, 0.15) is 5.84 Å². The van der Waals surface area contributed by atoms with E-state index in [1.165, 1.54) is 5.56 Å². The number of aryl methyl sites for hydroxylation is 1. The van der Waals surface area contributed by atoms with Crippen molar-refractivity contribution < 1.29 is 4.79 Å². The molecule has 0 atom stereocenters. The highest BCUT2D eigenvalue weighted by Gasteiger charge is 2.13. The Morgan fingerprint density at radius 1 is 1.03 bits per heavy atom. The lowest BCUT2D eigenvalue weighted by molar-refractivity contribution is 0.0939. The Kier molecular flexibility index (Phi) is 9.27. The lowest BCUT2D eigenvalue weighted by Gasteiger charge is -2.23. The number of nitrogens with two attached hydrogens (primary N) is 1. The van der Waals surface area contributed by atoms with Crippen molar-refractivity contribution in [1.29, 1.82) is 5.41 Å². The Balaban J connectivity index is 0.00000385. The fourth-order valence-corrected chi connectivity index (χ4v) is 3.48. The number of benzene rings is 3. The molecule has 4 nitrogen and oxygen atoms in total. The third-order valence-corrected chi connectivity index (χ3v) is 5.26.